The Labute approximate surface area is 123 Å². The molecule has 0 spiro atoms. The summed E-state index contributed by atoms with van der Waals surface area (Å²) < 4.78 is 0.958. The maximum Gasteiger partial charge on any atom is 0.266 e. The van der Waals surface area contributed by atoms with Gasteiger partial charge in [0.25, 0.3) is 5.91 Å². The van der Waals surface area contributed by atoms with E-state index in [1.807, 2.05) is 12.1 Å². The Morgan fingerprint density at radius 2 is 2.21 bits per heavy atom. The second kappa shape index (κ2) is 6.65. The van der Waals surface area contributed by atoms with Gasteiger partial charge in [-0.1, -0.05) is 11.8 Å². The van der Waals surface area contributed by atoms with E-state index in [9.17, 15) is 4.79 Å². The smallest absolute Gasteiger partial charge is 0.266 e. The molecule has 0 unspecified atom stereocenters. The molecule has 2 aromatic rings. The van der Waals surface area contributed by atoms with Gasteiger partial charge >= 0.3 is 0 Å². The van der Waals surface area contributed by atoms with E-state index >= 15 is 0 Å². The quantitative estimate of drug-likeness (QED) is 0.386. The van der Waals surface area contributed by atoms with E-state index in [1.165, 1.54) is 6.20 Å². The van der Waals surface area contributed by atoms with E-state index in [0.29, 0.717) is 11.3 Å². The van der Waals surface area contributed by atoms with Gasteiger partial charge in [-0.05, 0) is 40.2 Å². The molecule has 0 atom stereocenters. The van der Waals surface area contributed by atoms with Crippen molar-refractivity contribution in [3.8, 4) is 0 Å². The highest BCUT2D eigenvalue weighted by Gasteiger charge is 2.05. The number of carbonyl (C=O) groups is 1. The number of hydrogen-bond donors (Lipinski definition) is 2. The maximum absolute atomic E-state index is 11.3. The zero-order valence-electron chi connectivity index (χ0n) is 9.84. The first kappa shape index (κ1) is 14.0. The SMILES string of the molecule is NNC(=O)c1ccc(CSc2ncccc2Br)nc1. The Morgan fingerprint density at radius 3 is 2.84 bits per heavy atom. The minimum absolute atomic E-state index is 0.348. The molecule has 2 aromatic heterocycles. The molecule has 5 nitrogen and oxygen atoms in total. The molecule has 0 saturated heterocycles. The second-order valence-electron chi connectivity index (χ2n) is 3.59. The molecule has 0 aliphatic rings. The lowest BCUT2D eigenvalue weighted by atomic mass is 10.2. The van der Waals surface area contributed by atoms with Crippen molar-refractivity contribution >= 4 is 33.6 Å². The first-order valence-electron chi connectivity index (χ1n) is 5.40. The predicted octanol–water partition coefficient (Wildman–Crippen LogP) is 2.13. The van der Waals surface area contributed by atoms with E-state index in [-0.39, 0.29) is 5.91 Å². The van der Waals surface area contributed by atoms with E-state index in [1.54, 1.807) is 30.1 Å². The Hall–Kier alpha value is -1.44. The maximum atomic E-state index is 11.3. The van der Waals surface area contributed by atoms with Crippen LogP contribution in [0.5, 0.6) is 0 Å². The fraction of sp³-hybridized carbons (Fsp3) is 0.0833. The van der Waals surface area contributed by atoms with Gasteiger partial charge in [0.1, 0.15) is 5.03 Å². The standard InChI is InChI=1S/C12H11BrN4OS/c13-10-2-1-5-15-12(10)19-7-9-4-3-8(6-16-9)11(18)17-14/h1-6H,7,14H2,(H,17,18). The molecular weight excluding hydrogens is 328 g/mol. The fourth-order valence-corrected chi connectivity index (χ4v) is 2.74. The van der Waals surface area contributed by atoms with Gasteiger partial charge in [-0.2, -0.15) is 0 Å². The second-order valence-corrected chi connectivity index (χ2v) is 5.41. The van der Waals surface area contributed by atoms with E-state index in [4.69, 9.17) is 5.84 Å². The largest absolute Gasteiger partial charge is 0.290 e. The number of nitrogens with one attached hydrogen (secondary N) is 1. The van der Waals surface area contributed by atoms with Gasteiger partial charge < -0.3 is 0 Å². The zero-order valence-corrected chi connectivity index (χ0v) is 12.2. The Bertz CT molecular complexity index is 576. The minimum atomic E-state index is -0.348. The van der Waals surface area contributed by atoms with Crippen LogP contribution in [0.3, 0.4) is 0 Å². The molecule has 0 bridgehead atoms. The molecule has 0 radical (unpaired) electrons. The van der Waals surface area contributed by atoms with Crippen LogP contribution in [0.25, 0.3) is 0 Å². The van der Waals surface area contributed by atoms with Gasteiger partial charge in [-0.3, -0.25) is 15.2 Å². The molecule has 3 N–H and O–H groups in total. The third kappa shape index (κ3) is 3.76. The van der Waals surface area contributed by atoms with Crippen molar-refractivity contribution in [1.29, 1.82) is 0 Å². The Balaban J connectivity index is 2.01. The van der Waals surface area contributed by atoms with Crippen molar-refractivity contribution in [3.63, 3.8) is 0 Å². The number of aromatic nitrogens is 2. The summed E-state index contributed by atoms with van der Waals surface area (Å²) in [6.45, 7) is 0. The summed E-state index contributed by atoms with van der Waals surface area (Å²) >= 11 is 5.01. The molecule has 7 heteroatoms. The highest BCUT2D eigenvalue weighted by Crippen LogP contribution is 2.26. The van der Waals surface area contributed by atoms with E-state index in [2.05, 4.69) is 31.3 Å². The summed E-state index contributed by atoms with van der Waals surface area (Å²) in [6.07, 6.45) is 3.25. The van der Waals surface area contributed by atoms with Crippen LogP contribution in [0.2, 0.25) is 0 Å². The van der Waals surface area contributed by atoms with Crippen LogP contribution in [0, 0.1) is 0 Å². The van der Waals surface area contributed by atoms with Gasteiger partial charge in [0.15, 0.2) is 0 Å². The lowest BCUT2D eigenvalue weighted by Crippen LogP contribution is -2.30. The van der Waals surface area contributed by atoms with Crippen molar-refractivity contribution in [2.75, 3.05) is 0 Å². The lowest BCUT2D eigenvalue weighted by molar-refractivity contribution is 0.0953. The number of nitrogen functional groups attached to an aromatic ring is 1. The summed E-state index contributed by atoms with van der Waals surface area (Å²) in [5.41, 5.74) is 3.38. The van der Waals surface area contributed by atoms with Crippen molar-refractivity contribution in [2.24, 2.45) is 5.84 Å². The fourth-order valence-electron chi connectivity index (χ4n) is 1.35. The number of halogens is 1. The van der Waals surface area contributed by atoms with Crippen LogP contribution < -0.4 is 11.3 Å². The lowest BCUT2D eigenvalue weighted by Gasteiger charge is -2.04. The number of amides is 1. The summed E-state index contributed by atoms with van der Waals surface area (Å²) in [4.78, 5) is 19.7. The number of hydrazine groups is 1. The number of nitrogens with zero attached hydrogens (tertiary/aromatic N) is 2. The van der Waals surface area contributed by atoms with Crippen molar-refractivity contribution in [3.05, 3.63) is 52.4 Å². The minimum Gasteiger partial charge on any atom is -0.290 e. The van der Waals surface area contributed by atoms with Crippen LogP contribution in [0.4, 0.5) is 0 Å². The average molecular weight is 339 g/mol. The summed E-state index contributed by atoms with van der Waals surface area (Å²) in [6, 6.07) is 7.30. The van der Waals surface area contributed by atoms with Crippen LogP contribution >= 0.6 is 27.7 Å². The van der Waals surface area contributed by atoms with Crippen molar-refractivity contribution in [2.45, 2.75) is 10.8 Å². The molecule has 0 saturated carbocycles. The first-order valence-corrected chi connectivity index (χ1v) is 7.18. The Kier molecular flexibility index (Phi) is 4.89. The van der Waals surface area contributed by atoms with Gasteiger partial charge in [0, 0.05) is 22.6 Å². The van der Waals surface area contributed by atoms with Crippen LogP contribution in [0.1, 0.15) is 16.1 Å². The van der Waals surface area contributed by atoms with E-state index in [0.717, 1.165) is 15.2 Å². The molecule has 0 aliphatic heterocycles. The summed E-state index contributed by atoms with van der Waals surface area (Å²) in [5, 5.41) is 0.910. The van der Waals surface area contributed by atoms with Gasteiger partial charge in [0.05, 0.1) is 11.3 Å². The summed E-state index contributed by atoms with van der Waals surface area (Å²) in [5.74, 6) is 5.38. The third-order valence-electron chi connectivity index (χ3n) is 2.30. The molecule has 1 amide bonds. The number of hydrogen-bond acceptors (Lipinski definition) is 5. The molecule has 2 heterocycles. The molecule has 98 valence electrons. The van der Waals surface area contributed by atoms with Crippen molar-refractivity contribution < 1.29 is 4.79 Å². The average Bonchev–Trinajstić information content (AvgIpc) is 2.46. The monoisotopic (exact) mass is 338 g/mol. The van der Waals surface area contributed by atoms with Gasteiger partial charge in [-0.15, -0.1) is 0 Å². The van der Waals surface area contributed by atoms with Gasteiger partial charge in [-0.25, -0.2) is 10.8 Å². The summed E-state index contributed by atoms with van der Waals surface area (Å²) in [7, 11) is 0. The molecule has 0 aromatic carbocycles. The van der Waals surface area contributed by atoms with Gasteiger partial charge in [0.2, 0.25) is 0 Å². The predicted molar refractivity (Wildman–Crippen MR) is 77.4 cm³/mol. The number of thioether (sulfide) groups is 1. The Morgan fingerprint density at radius 1 is 1.37 bits per heavy atom. The number of carbonyl (C=O) groups excluding carboxylic acids is 1. The number of nitrogens with two attached hydrogens (primary N) is 1. The van der Waals surface area contributed by atoms with Crippen LogP contribution in [-0.2, 0) is 5.75 Å². The normalized spacial score (nSPS) is 10.2. The molecule has 0 aliphatic carbocycles. The number of rotatable bonds is 4. The highest BCUT2D eigenvalue weighted by atomic mass is 79.9. The van der Waals surface area contributed by atoms with Crippen LogP contribution in [0.15, 0.2) is 46.2 Å². The van der Waals surface area contributed by atoms with Crippen LogP contribution in [-0.4, -0.2) is 15.9 Å². The molecule has 19 heavy (non-hydrogen) atoms. The zero-order chi connectivity index (χ0) is 13.7. The topological polar surface area (TPSA) is 80.9 Å². The van der Waals surface area contributed by atoms with E-state index < -0.39 is 0 Å². The van der Waals surface area contributed by atoms with Crippen molar-refractivity contribution in [1.82, 2.24) is 15.4 Å². The molecular formula is C12H11BrN4OS. The first-order chi connectivity index (χ1) is 9.20. The molecule has 2 rings (SSSR count). The highest BCUT2D eigenvalue weighted by molar-refractivity contribution is 9.10. The third-order valence-corrected chi connectivity index (χ3v) is 4.24. The molecule has 0 fully saturated rings. The number of pyridine rings is 2.